The number of rotatable bonds is 11. The van der Waals surface area contributed by atoms with Crippen LogP contribution in [0.4, 0.5) is 11.9 Å². The molecule has 188 valence electrons. The quantitative estimate of drug-likeness (QED) is 0.186. The van der Waals surface area contributed by atoms with Gasteiger partial charge in [-0.1, -0.05) is 26.7 Å². The third-order valence-corrected chi connectivity index (χ3v) is 6.68. The van der Waals surface area contributed by atoms with Crippen molar-refractivity contribution < 1.29 is 0 Å². The van der Waals surface area contributed by atoms with Gasteiger partial charge in [-0.05, 0) is 30.2 Å². The van der Waals surface area contributed by atoms with Gasteiger partial charge in [-0.2, -0.15) is 21.8 Å². The number of aromatic nitrogens is 10. The molecule has 0 aromatic carbocycles. The fraction of sp³-hybridized carbons (Fsp3) is 0.375. The van der Waals surface area contributed by atoms with Crippen LogP contribution in [0.5, 0.6) is 0 Å². The van der Waals surface area contributed by atoms with Crippen LogP contribution in [-0.4, -0.2) is 61.8 Å². The molecule has 0 saturated heterocycles. The number of nitrogens with zero attached hydrogens (tertiary/aromatic N) is 7. The van der Waals surface area contributed by atoms with Crippen LogP contribution in [0.2, 0.25) is 0 Å². The average Bonchev–Trinajstić information content (AvgIpc) is 3.68. The second kappa shape index (κ2) is 13.3. The summed E-state index contributed by atoms with van der Waals surface area (Å²) < 4.78 is 0. The van der Waals surface area contributed by atoms with Gasteiger partial charge in [-0.25, -0.2) is 19.9 Å². The Balaban J connectivity index is 0.000000185. The maximum Gasteiger partial charge on any atom is 0.248 e. The number of hydrogen-bond donors (Lipinski definition) is 4. The highest BCUT2D eigenvalue weighted by molar-refractivity contribution is 7.99. The highest BCUT2D eigenvalue weighted by Gasteiger charge is 2.07. The molecule has 5 aromatic rings. The summed E-state index contributed by atoms with van der Waals surface area (Å²) in [4.78, 5) is 24.0. The smallest absolute Gasteiger partial charge is 0.248 e. The van der Waals surface area contributed by atoms with Crippen LogP contribution in [0.1, 0.15) is 38.9 Å². The molecule has 0 radical (unpaired) electrons. The monoisotopic (exact) mass is 505 g/mol. The molecule has 4 N–H and O–H groups in total. The summed E-state index contributed by atoms with van der Waals surface area (Å²) in [6.45, 7) is 4.58. The zero-order valence-electron chi connectivity index (χ0n) is 20.5. The van der Waals surface area contributed by atoms with Crippen molar-refractivity contribution in [2.75, 3.05) is 16.8 Å². The lowest BCUT2D eigenvalue weighted by atomic mass is 10.1. The molecule has 0 spiro atoms. The van der Waals surface area contributed by atoms with E-state index in [9.17, 15) is 0 Å². The van der Waals surface area contributed by atoms with Crippen LogP contribution in [0.25, 0.3) is 22.3 Å². The van der Waals surface area contributed by atoms with E-state index in [2.05, 4.69) is 69.5 Å². The van der Waals surface area contributed by atoms with Gasteiger partial charge < -0.3 is 4.98 Å². The van der Waals surface area contributed by atoms with E-state index in [0.717, 1.165) is 46.2 Å². The Hall–Kier alpha value is -3.80. The Morgan fingerprint density at radius 2 is 2.00 bits per heavy atom. The van der Waals surface area contributed by atoms with E-state index >= 15 is 0 Å². The second-order valence-electron chi connectivity index (χ2n) is 8.32. The lowest BCUT2D eigenvalue weighted by Gasteiger charge is -2.09. The number of unbranched alkanes of at least 4 members (excludes halogenated alkanes) is 1. The van der Waals surface area contributed by atoms with E-state index in [4.69, 9.17) is 0 Å². The maximum atomic E-state index is 4.40. The van der Waals surface area contributed by atoms with Gasteiger partial charge in [-0.15, -0.1) is 5.10 Å². The van der Waals surface area contributed by atoms with Gasteiger partial charge in [-0.3, -0.25) is 15.5 Å². The van der Waals surface area contributed by atoms with Gasteiger partial charge >= 0.3 is 0 Å². The van der Waals surface area contributed by atoms with Gasteiger partial charge in [0.05, 0.1) is 11.9 Å². The molecule has 0 amide bonds. The van der Waals surface area contributed by atoms with Crippen LogP contribution in [0.15, 0.2) is 49.4 Å². The molecule has 12 heteroatoms. The summed E-state index contributed by atoms with van der Waals surface area (Å²) in [5, 5.41) is 17.7. The molecule has 5 rings (SSSR count). The Labute approximate surface area is 213 Å². The van der Waals surface area contributed by atoms with Crippen molar-refractivity contribution in [3.05, 3.63) is 55.3 Å². The zero-order valence-corrected chi connectivity index (χ0v) is 21.3. The topological polar surface area (TPSA) is 150 Å². The fourth-order valence-corrected chi connectivity index (χ4v) is 4.57. The Morgan fingerprint density at radius 1 is 1.11 bits per heavy atom. The highest BCUT2D eigenvalue weighted by Crippen LogP contribution is 2.23. The normalized spacial score (nSPS) is 11.7. The SMILES string of the molecule is CCCC[C@H](C)CSCCc1nc(Nc2ncccn2)n[nH]1.c1nc(-c2cn[nH]c2)c2cc[nH]c2n1. The fourth-order valence-electron chi connectivity index (χ4n) is 3.50. The number of nitrogens with one attached hydrogen (secondary N) is 4. The van der Waals surface area contributed by atoms with Crippen molar-refractivity contribution in [3.8, 4) is 11.3 Å². The number of hydrogen-bond acceptors (Lipinski definition) is 9. The molecule has 0 unspecified atom stereocenters. The molecule has 0 aliphatic carbocycles. The number of anilines is 2. The predicted molar refractivity (Wildman–Crippen MR) is 143 cm³/mol. The van der Waals surface area contributed by atoms with E-state index in [1.54, 1.807) is 31.0 Å². The summed E-state index contributed by atoms with van der Waals surface area (Å²) in [6, 6.07) is 3.73. The summed E-state index contributed by atoms with van der Waals surface area (Å²) in [7, 11) is 0. The summed E-state index contributed by atoms with van der Waals surface area (Å²) in [6.07, 6.45) is 15.2. The number of aromatic amines is 3. The van der Waals surface area contributed by atoms with E-state index in [1.807, 2.05) is 30.2 Å². The molecule has 0 aliphatic heterocycles. The number of fused-ring (bicyclic) bond motifs is 1. The zero-order chi connectivity index (χ0) is 25.0. The molecule has 5 heterocycles. The molecular weight excluding hydrogens is 474 g/mol. The maximum absolute atomic E-state index is 4.40. The third kappa shape index (κ3) is 7.35. The molecule has 0 bridgehead atoms. The van der Waals surface area contributed by atoms with Crippen molar-refractivity contribution in [2.24, 2.45) is 5.92 Å². The van der Waals surface area contributed by atoms with E-state index in [-0.39, 0.29) is 0 Å². The molecule has 11 nitrogen and oxygen atoms in total. The molecule has 1 atom stereocenters. The summed E-state index contributed by atoms with van der Waals surface area (Å²) in [5.41, 5.74) is 2.71. The second-order valence-corrected chi connectivity index (χ2v) is 9.47. The standard InChI is InChI=1S/C15H24N6S.C9H7N5/c1-3-4-6-12(2)11-22-10-7-13-18-15(21-20-13)19-14-16-8-5-9-17-14;1-2-10-9-7(1)8(11-5-12-9)6-3-13-14-4-6/h5,8-9,12H,3-4,6-7,10-11H2,1-2H3,(H2,16,17,18,19,20,21);1-5H,(H,13,14)(H,10,11,12)/t12-;/m0./s1. The first-order valence-corrected chi connectivity index (χ1v) is 13.2. The third-order valence-electron chi connectivity index (χ3n) is 5.38. The molecule has 0 aliphatic rings. The number of aryl methyl sites for hydroxylation is 1. The van der Waals surface area contributed by atoms with Crippen LogP contribution >= 0.6 is 11.8 Å². The van der Waals surface area contributed by atoms with Crippen molar-refractivity contribution >= 4 is 34.7 Å². The molecule has 0 fully saturated rings. The first kappa shape index (κ1) is 25.3. The first-order valence-electron chi connectivity index (χ1n) is 12.0. The van der Waals surface area contributed by atoms with Gasteiger partial charge in [0.25, 0.3) is 0 Å². The summed E-state index contributed by atoms with van der Waals surface area (Å²) >= 11 is 1.99. The van der Waals surface area contributed by atoms with Crippen LogP contribution in [0.3, 0.4) is 0 Å². The Bertz CT molecular complexity index is 1280. The number of thioether (sulfide) groups is 1. The van der Waals surface area contributed by atoms with Crippen molar-refractivity contribution in [3.63, 3.8) is 0 Å². The lowest BCUT2D eigenvalue weighted by molar-refractivity contribution is 0.557. The van der Waals surface area contributed by atoms with Crippen LogP contribution in [0, 0.1) is 5.92 Å². The molecule has 5 aromatic heterocycles. The molecule has 36 heavy (non-hydrogen) atoms. The van der Waals surface area contributed by atoms with Gasteiger partial charge in [0.2, 0.25) is 11.9 Å². The summed E-state index contributed by atoms with van der Waals surface area (Å²) in [5.74, 6) is 5.00. The van der Waals surface area contributed by atoms with Gasteiger partial charge in [0, 0.05) is 47.9 Å². The van der Waals surface area contributed by atoms with Crippen LogP contribution < -0.4 is 5.32 Å². The van der Waals surface area contributed by atoms with Gasteiger partial charge in [0.15, 0.2) is 0 Å². The minimum Gasteiger partial charge on any atom is -0.346 e. The average molecular weight is 506 g/mol. The van der Waals surface area contributed by atoms with E-state index in [1.165, 1.54) is 25.0 Å². The van der Waals surface area contributed by atoms with E-state index in [0.29, 0.717) is 11.9 Å². The van der Waals surface area contributed by atoms with Gasteiger partial charge in [0.1, 0.15) is 17.8 Å². The van der Waals surface area contributed by atoms with Crippen molar-refractivity contribution in [1.82, 2.24) is 50.3 Å². The predicted octanol–water partition coefficient (Wildman–Crippen LogP) is 4.79. The highest BCUT2D eigenvalue weighted by atomic mass is 32.2. The molecular formula is C24H31N11S. The van der Waals surface area contributed by atoms with Crippen molar-refractivity contribution in [1.29, 1.82) is 0 Å². The molecule has 0 saturated carbocycles. The first-order chi connectivity index (χ1) is 17.7. The largest absolute Gasteiger partial charge is 0.346 e. The lowest BCUT2D eigenvalue weighted by Crippen LogP contribution is -2.00. The number of H-pyrrole nitrogens is 3. The van der Waals surface area contributed by atoms with Crippen LogP contribution in [-0.2, 0) is 6.42 Å². The minimum atomic E-state index is 0.507. The minimum absolute atomic E-state index is 0.507. The van der Waals surface area contributed by atoms with E-state index < -0.39 is 0 Å². The Kier molecular flexibility index (Phi) is 9.37. The Morgan fingerprint density at radius 3 is 2.81 bits per heavy atom. The van der Waals surface area contributed by atoms with Crippen molar-refractivity contribution in [2.45, 2.75) is 39.5 Å².